The van der Waals surface area contributed by atoms with Crippen LogP contribution in [0.25, 0.3) is 0 Å². The number of nitrogens with one attached hydrogen (secondary N) is 3. The molecule has 2 aliphatic carbocycles. The Bertz CT molecular complexity index is 1500. The molecule has 5 amide bonds. The van der Waals surface area contributed by atoms with Crippen molar-refractivity contribution in [2.24, 2.45) is 17.8 Å². The van der Waals surface area contributed by atoms with Crippen LogP contribution in [0, 0.1) is 17.8 Å². The number of amides is 5. The molecule has 14 heteroatoms. The Morgan fingerprint density at radius 1 is 1.09 bits per heavy atom. The van der Waals surface area contributed by atoms with Crippen LogP contribution in [0.2, 0.25) is 0 Å². The van der Waals surface area contributed by atoms with Crippen LogP contribution in [0.1, 0.15) is 68.5 Å². The van der Waals surface area contributed by atoms with Crippen LogP contribution in [0.5, 0.6) is 0 Å². The number of likely N-dealkylation sites (N-methyl/N-ethyl adjacent to an activating group) is 1. The largest absolute Gasteiger partial charge is 0.410 e. The van der Waals surface area contributed by atoms with E-state index in [9.17, 15) is 32.3 Å². The Morgan fingerprint density at radius 3 is 2.32 bits per heavy atom. The summed E-state index contributed by atoms with van der Waals surface area (Å²) in [6.07, 6.45) is 0.865. The number of rotatable bonds is 9. The van der Waals surface area contributed by atoms with Crippen LogP contribution < -0.4 is 20.9 Å². The fraction of sp³-hybridized carbons (Fsp3) is 0.567. The van der Waals surface area contributed by atoms with E-state index in [1.54, 1.807) is 35.1 Å². The first-order valence-electron chi connectivity index (χ1n) is 14.9. The van der Waals surface area contributed by atoms with Gasteiger partial charge in [0, 0.05) is 30.5 Å². The summed E-state index contributed by atoms with van der Waals surface area (Å²) in [6.45, 7) is 4.54. The van der Waals surface area contributed by atoms with Crippen molar-refractivity contribution in [1.29, 1.82) is 0 Å². The molecule has 0 spiro atoms. The lowest BCUT2D eigenvalue weighted by Crippen LogP contribution is -2.52. The normalized spacial score (nSPS) is 24.2. The van der Waals surface area contributed by atoms with Crippen LogP contribution >= 0.6 is 0 Å². The second-order valence-electron chi connectivity index (χ2n) is 12.8. The van der Waals surface area contributed by atoms with E-state index >= 15 is 0 Å². The molecule has 4 aliphatic rings. The first-order valence-corrected chi connectivity index (χ1v) is 14.9. The molecule has 2 saturated carbocycles. The van der Waals surface area contributed by atoms with E-state index in [-0.39, 0.29) is 17.9 Å². The lowest BCUT2D eigenvalue weighted by atomic mass is 9.88. The highest BCUT2D eigenvalue weighted by Gasteiger charge is 2.58. The number of halogens is 3. The Morgan fingerprint density at radius 2 is 1.75 bits per heavy atom. The van der Waals surface area contributed by atoms with Gasteiger partial charge in [0.15, 0.2) is 0 Å². The number of benzene rings is 1. The van der Waals surface area contributed by atoms with Gasteiger partial charge in [0.2, 0.25) is 5.91 Å². The number of hydrogen-bond donors (Lipinski definition) is 3. The van der Waals surface area contributed by atoms with Crippen molar-refractivity contribution in [1.82, 2.24) is 25.3 Å². The van der Waals surface area contributed by atoms with Crippen molar-refractivity contribution < 1.29 is 32.3 Å². The highest BCUT2D eigenvalue weighted by Crippen LogP contribution is 2.51. The lowest BCUT2D eigenvalue weighted by Gasteiger charge is -2.33. The predicted molar refractivity (Wildman–Crippen MR) is 154 cm³/mol. The van der Waals surface area contributed by atoms with E-state index in [2.05, 4.69) is 15.7 Å². The van der Waals surface area contributed by atoms with Crippen LogP contribution in [0.3, 0.4) is 0 Å². The number of aromatic nitrogens is 2. The molecule has 236 valence electrons. The average Bonchev–Trinajstić information content (AvgIpc) is 3.88. The van der Waals surface area contributed by atoms with E-state index in [1.807, 2.05) is 19.2 Å². The lowest BCUT2D eigenvalue weighted by molar-refractivity contribution is -0.152. The summed E-state index contributed by atoms with van der Waals surface area (Å²) in [5.74, 6) is -0.691. The highest BCUT2D eigenvalue weighted by molar-refractivity contribution is 6.10. The third-order valence-corrected chi connectivity index (χ3v) is 9.39. The van der Waals surface area contributed by atoms with Crippen LogP contribution in [0.4, 0.5) is 29.3 Å². The van der Waals surface area contributed by atoms with Crippen molar-refractivity contribution in [3.8, 4) is 0 Å². The van der Waals surface area contributed by atoms with Gasteiger partial charge in [0.05, 0.1) is 12.2 Å². The van der Waals surface area contributed by atoms with Gasteiger partial charge in [-0.1, -0.05) is 6.07 Å². The molecule has 2 aromatic rings. The van der Waals surface area contributed by atoms with Gasteiger partial charge in [-0.25, -0.2) is 4.79 Å². The molecule has 1 aromatic carbocycles. The maximum atomic E-state index is 13.9. The number of carbonyl (C=O) groups is 4. The summed E-state index contributed by atoms with van der Waals surface area (Å²) in [5, 5.41) is 12.1. The first kappa shape index (κ1) is 29.9. The van der Waals surface area contributed by atoms with Crippen molar-refractivity contribution in [3.63, 3.8) is 0 Å². The SMILES string of the molecule is CC(C)n1nccc1C(=O)N[C@H](C(=O)Nc1ccc2c(c1)N(C)C(=O)[C@@]2(C)N1C[C@@H](C(F)(F)F)NC1=O)C(C1CC1)C1CC1. The molecule has 3 atom stereocenters. The molecule has 3 fully saturated rings. The Hall–Kier alpha value is -4.10. The Balaban J connectivity index is 1.26. The molecule has 6 rings (SSSR count). The number of fused-ring (bicyclic) bond motifs is 1. The number of urea groups is 1. The topological polar surface area (TPSA) is 129 Å². The maximum absolute atomic E-state index is 13.9. The molecular weight excluding hydrogens is 579 g/mol. The predicted octanol–water partition coefficient (Wildman–Crippen LogP) is 3.79. The van der Waals surface area contributed by atoms with E-state index in [0.717, 1.165) is 30.6 Å². The fourth-order valence-corrected chi connectivity index (χ4v) is 6.79. The van der Waals surface area contributed by atoms with Crippen molar-refractivity contribution in [2.75, 3.05) is 23.8 Å². The van der Waals surface area contributed by atoms with Crippen molar-refractivity contribution in [3.05, 3.63) is 41.7 Å². The highest BCUT2D eigenvalue weighted by atomic mass is 19.4. The Labute approximate surface area is 252 Å². The van der Waals surface area contributed by atoms with E-state index in [4.69, 9.17) is 0 Å². The maximum Gasteiger partial charge on any atom is 0.410 e. The third kappa shape index (κ3) is 5.07. The molecule has 1 aromatic heterocycles. The number of alkyl halides is 3. The van der Waals surface area contributed by atoms with Crippen LogP contribution in [-0.4, -0.2) is 70.3 Å². The molecule has 3 N–H and O–H groups in total. The summed E-state index contributed by atoms with van der Waals surface area (Å²) in [4.78, 5) is 55.6. The smallest absolute Gasteiger partial charge is 0.339 e. The van der Waals surface area contributed by atoms with Gasteiger partial charge in [0.1, 0.15) is 23.3 Å². The number of hydrogen-bond acceptors (Lipinski definition) is 5. The molecule has 11 nitrogen and oxygen atoms in total. The van der Waals surface area contributed by atoms with Gasteiger partial charge >= 0.3 is 12.2 Å². The molecule has 1 saturated heterocycles. The van der Waals surface area contributed by atoms with Gasteiger partial charge in [-0.05, 0) is 82.4 Å². The van der Waals surface area contributed by atoms with Gasteiger partial charge in [-0.3, -0.25) is 19.1 Å². The summed E-state index contributed by atoms with van der Waals surface area (Å²) in [5.41, 5.74) is -0.245. The minimum atomic E-state index is -4.66. The van der Waals surface area contributed by atoms with Crippen molar-refractivity contribution in [2.45, 2.75) is 76.3 Å². The van der Waals surface area contributed by atoms with Gasteiger partial charge in [0.25, 0.3) is 11.8 Å². The van der Waals surface area contributed by atoms with E-state index < -0.39 is 48.2 Å². The minimum Gasteiger partial charge on any atom is -0.339 e. The van der Waals surface area contributed by atoms with Crippen molar-refractivity contribution >= 4 is 35.1 Å². The second kappa shape index (κ2) is 10.5. The second-order valence-corrected chi connectivity index (χ2v) is 12.8. The third-order valence-electron chi connectivity index (χ3n) is 9.39. The quantitative estimate of drug-likeness (QED) is 0.396. The molecule has 3 heterocycles. The van der Waals surface area contributed by atoms with Gasteiger partial charge in [-0.15, -0.1) is 0 Å². The monoisotopic (exact) mass is 615 g/mol. The summed E-state index contributed by atoms with van der Waals surface area (Å²) in [6, 6.07) is 2.38. The molecule has 0 bridgehead atoms. The summed E-state index contributed by atoms with van der Waals surface area (Å²) in [7, 11) is 1.48. The Kier molecular flexibility index (Phi) is 7.16. The average molecular weight is 616 g/mol. The zero-order valence-electron chi connectivity index (χ0n) is 24.9. The van der Waals surface area contributed by atoms with Crippen LogP contribution in [-0.2, 0) is 15.1 Å². The summed E-state index contributed by atoms with van der Waals surface area (Å²) >= 11 is 0. The van der Waals surface area contributed by atoms with Gasteiger partial charge < -0.3 is 25.8 Å². The van der Waals surface area contributed by atoms with E-state index in [1.165, 1.54) is 18.9 Å². The molecule has 44 heavy (non-hydrogen) atoms. The minimum absolute atomic E-state index is 0.0217. The molecule has 2 aliphatic heterocycles. The van der Waals surface area contributed by atoms with Gasteiger partial charge in [-0.2, -0.15) is 18.3 Å². The molecular formula is C30H36F3N7O4. The fourth-order valence-electron chi connectivity index (χ4n) is 6.79. The molecule has 0 radical (unpaired) electrons. The standard InChI is InChI=1S/C30H36F3N7O4/c1-15(2)40-20(11-12-34-40)25(41)37-24(23(16-5-6-16)17-7-8-17)26(42)35-18-9-10-19-21(13-18)38(4)27(43)29(19,3)39-14-22(30(31,32)33)36-28(39)44/h9-13,15-17,22-24H,5-8,14H2,1-4H3,(H,35,42)(H,36,44)(H,37,41)/t22-,24-,29-/m0/s1. The van der Waals surface area contributed by atoms with E-state index in [0.29, 0.717) is 34.5 Å². The number of carbonyl (C=O) groups excluding carboxylic acids is 4. The zero-order chi connectivity index (χ0) is 31.7. The zero-order valence-corrected chi connectivity index (χ0v) is 24.9. The number of nitrogens with zero attached hydrogens (tertiary/aromatic N) is 4. The molecule has 0 unspecified atom stereocenters. The number of anilines is 2. The summed E-state index contributed by atoms with van der Waals surface area (Å²) < 4.78 is 41.8. The first-order chi connectivity index (χ1) is 20.7. The van der Waals surface area contributed by atoms with Crippen LogP contribution in [0.15, 0.2) is 30.5 Å².